The Kier molecular flexibility index (Phi) is 8.99. The molecule has 0 bridgehead atoms. The largest absolute Gasteiger partial charge is 0.497 e. The number of unbranched alkanes of at least 4 members (excludes halogenated alkanes) is 1. The topological polar surface area (TPSA) is 87.8 Å². The third kappa shape index (κ3) is 6.86. The first-order chi connectivity index (χ1) is 17.4. The molecule has 1 aromatic carbocycles. The number of aliphatic hydroxyl groups excluding tert-OH is 1. The van der Waals surface area contributed by atoms with Gasteiger partial charge in [-0.1, -0.05) is 0 Å². The molecule has 2 aromatic heterocycles. The smallest absolute Gasteiger partial charge is 0.303 e. The summed E-state index contributed by atoms with van der Waals surface area (Å²) in [5.74, 6) is 0.427. The van der Waals surface area contributed by atoms with E-state index < -0.39 is 12.1 Å². The van der Waals surface area contributed by atoms with Gasteiger partial charge >= 0.3 is 5.97 Å². The molecule has 7 heteroatoms. The van der Waals surface area contributed by atoms with Gasteiger partial charge in [-0.2, -0.15) is 0 Å². The highest BCUT2D eigenvalue weighted by Gasteiger charge is 2.31. The fourth-order valence-electron chi connectivity index (χ4n) is 5.66. The number of carboxylic acids is 1. The Labute approximate surface area is 213 Å². The van der Waals surface area contributed by atoms with E-state index in [1.165, 1.54) is 5.56 Å². The monoisotopic (exact) mass is 493 g/mol. The lowest BCUT2D eigenvalue weighted by Gasteiger charge is -2.38. The van der Waals surface area contributed by atoms with Gasteiger partial charge in [-0.3, -0.25) is 9.78 Å². The summed E-state index contributed by atoms with van der Waals surface area (Å²) in [7, 11) is 3.68. The molecule has 3 aromatic rings. The van der Waals surface area contributed by atoms with Gasteiger partial charge in [0.25, 0.3) is 0 Å². The summed E-state index contributed by atoms with van der Waals surface area (Å²) in [6.45, 7) is 2.84. The first-order valence-electron chi connectivity index (χ1n) is 13.1. The van der Waals surface area contributed by atoms with Crippen molar-refractivity contribution in [3.8, 4) is 5.75 Å². The van der Waals surface area contributed by atoms with Crippen LogP contribution in [0.1, 0.15) is 55.8 Å². The summed E-state index contributed by atoms with van der Waals surface area (Å²) in [5.41, 5.74) is 3.06. The number of pyridine rings is 1. The predicted molar refractivity (Wildman–Crippen MR) is 141 cm³/mol. The molecule has 1 aliphatic rings. The van der Waals surface area contributed by atoms with Gasteiger partial charge in [0.05, 0.1) is 18.7 Å². The Balaban J connectivity index is 1.31. The highest BCUT2D eigenvalue weighted by atomic mass is 16.5. The maximum absolute atomic E-state index is 11.6. The van der Waals surface area contributed by atoms with Crippen molar-refractivity contribution in [1.29, 1.82) is 0 Å². The van der Waals surface area contributed by atoms with E-state index in [0.29, 0.717) is 12.3 Å². The fourth-order valence-corrected chi connectivity index (χ4v) is 5.66. The van der Waals surface area contributed by atoms with Crippen LogP contribution < -0.4 is 4.74 Å². The van der Waals surface area contributed by atoms with Crippen molar-refractivity contribution in [2.45, 2.75) is 51.0 Å². The summed E-state index contributed by atoms with van der Waals surface area (Å²) in [6.07, 6.45) is 11.3. The first-order valence-corrected chi connectivity index (χ1v) is 13.1. The lowest BCUT2D eigenvalue weighted by atomic mass is 9.79. The molecule has 0 aliphatic carbocycles. The Morgan fingerprint density at radius 3 is 2.83 bits per heavy atom. The number of carboxylic acid groups (broad SMARTS) is 1. The van der Waals surface area contributed by atoms with E-state index in [4.69, 9.17) is 4.74 Å². The van der Waals surface area contributed by atoms with Gasteiger partial charge in [0.2, 0.25) is 0 Å². The molecule has 1 unspecified atom stereocenters. The van der Waals surface area contributed by atoms with Crippen molar-refractivity contribution < 1.29 is 19.7 Å². The normalized spacial score (nSPS) is 19.4. The van der Waals surface area contributed by atoms with Gasteiger partial charge in [0.15, 0.2) is 0 Å². The zero-order chi connectivity index (χ0) is 25.5. The van der Waals surface area contributed by atoms with Gasteiger partial charge in [-0.15, -0.1) is 0 Å². The van der Waals surface area contributed by atoms with Crippen molar-refractivity contribution in [2.24, 2.45) is 18.9 Å². The lowest BCUT2D eigenvalue weighted by Crippen LogP contribution is -2.41. The number of piperidine rings is 1. The summed E-state index contributed by atoms with van der Waals surface area (Å²) in [4.78, 5) is 18.5. The summed E-state index contributed by atoms with van der Waals surface area (Å²) in [5, 5.41) is 21.5. The molecule has 3 heterocycles. The summed E-state index contributed by atoms with van der Waals surface area (Å²) in [6, 6.07) is 9.75. The zero-order valence-electron chi connectivity index (χ0n) is 21.5. The number of likely N-dealkylation sites (tertiary alicyclic amines) is 1. The number of carbonyl (C=O) groups is 1. The maximum Gasteiger partial charge on any atom is 0.303 e. The predicted octanol–water partition coefficient (Wildman–Crippen LogP) is 4.83. The van der Waals surface area contributed by atoms with E-state index in [2.05, 4.69) is 32.9 Å². The Morgan fingerprint density at radius 1 is 1.22 bits per heavy atom. The van der Waals surface area contributed by atoms with Gasteiger partial charge in [0, 0.05) is 44.0 Å². The highest BCUT2D eigenvalue weighted by molar-refractivity contribution is 5.83. The molecule has 0 saturated carbocycles. The highest BCUT2D eigenvalue weighted by Crippen LogP contribution is 2.34. The van der Waals surface area contributed by atoms with Crippen LogP contribution in [0.3, 0.4) is 0 Å². The SMILES string of the molecule is COc1ccc2nccc(C(O)CC[C@@H]3CCN(CCCCc4ccn(C)c4)C[C@@H]3CC(=O)O)c2c1. The molecule has 1 fully saturated rings. The molecule has 36 heavy (non-hydrogen) atoms. The quantitative estimate of drug-likeness (QED) is 0.351. The second-order valence-corrected chi connectivity index (χ2v) is 10.2. The van der Waals surface area contributed by atoms with E-state index in [-0.39, 0.29) is 12.3 Å². The minimum Gasteiger partial charge on any atom is -0.497 e. The number of nitrogens with zero attached hydrogens (tertiary/aromatic N) is 3. The molecule has 1 aliphatic heterocycles. The van der Waals surface area contributed by atoms with Crippen molar-refractivity contribution >= 4 is 16.9 Å². The van der Waals surface area contributed by atoms with Crippen molar-refractivity contribution in [1.82, 2.24) is 14.5 Å². The summed E-state index contributed by atoms with van der Waals surface area (Å²) < 4.78 is 7.45. The van der Waals surface area contributed by atoms with Crippen molar-refractivity contribution in [2.75, 3.05) is 26.7 Å². The van der Waals surface area contributed by atoms with Gasteiger partial charge < -0.3 is 24.4 Å². The van der Waals surface area contributed by atoms with Crippen LogP contribution in [0.2, 0.25) is 0 Å². The van der Waals surface area contributed by atoms with Crippen LogP contribution in [-0.4, -0.2) is 57.4 Å². The molecule has 4 rings (SSSR count). The molecule has 7 nitrogen and oxygen atoms in total. The molecule has 194 valence electrons. The van der Waals surface area contributed by atoms with Gasteiger partial charge in [-0.05, 0) is 105 Å². The number of aliphatic hydroxyl groups is 1. The first kappa shape index (κ1) is 26.2. The minimum atomic E-state index is -0.733. The third-order valence-electron chi connectivity index (χ3n) is 7.65. The van der Waals surface area contributed by atoms with Crippen LogP contribution >= 0.6 is 0 Å². The van der Waals surface area contributed by atoms with Gasteiger partial charge in [-0.25, -0.2) is 0 Å². The van der Waals surface area contributed by atoms with Crippen LogP contribution in [0.5, 0.6) is 5.75 Å². The third-order valence-corrected chi connectivity index (χ3v) is 7.65. The van der Waals surface area contributed by atoms with Crippen LogP contribution in [0.15, 0.2) is 48.9 Å². The molecule has 1 saturated heterocycles. The maximum atomic E-state index is 11.6. The number of aromatic nitrogens is 2. The Morgan fingerprint density at radius 2 is 2.08 bits per heavy atom. The van der Waals surface area contributed by atoms with E-state index in [1.54, 1.807) is 13.3 Å². The Bertz CT molecular complexity index is 1140. The number of ether oxygens (including phenoxy) is 1. The molecule has 0 radical (unpaired) electrons. The van der Waals surface area contributed by atoms with E-state index in [0.717, 1.165) is 74.0 Å². The fraction of sp³-hybridized carbons (Fsp3) is 0.517. The van der Waals surface area contributed by atoms with Crippen LogP contribution in [-0.2, 0) is 18.3 Å². The average Bonchev–Trinajstić information content (AvgIpc) is 3.29. The number of fused-ring (bicyclic) bond motifs is 1. The van der Waals surface area contributed by atoms with Crippen molar-refractivity contribution in [3.05, 3.63) is 60.0 Å². The number of benzene rings is 1. The number of rotatable bonds is 12. The standard InChI is InChI=1S/C29H39N3O4/c1-31-15-11-21(19-31)5-3-4-14-32-16-12-22(23(20-32)17-29(34)35)6-9-28(33)25-10-13-30-27-8-7-24(36-2)18-26(25)27/h7-8,10-11,13,15,18-19,22-23,28,33H,3-6,9,12,14,16-17,20H2,1-2H3,(H,34,35)/t22-,23+,28?/m1/s1. The van der Waals surface area contributed by atoms with Gasteiger partial charge in [0.1, 0.15) is 5.75 Å². The number of hydrogen-bond acceptors (Lipinski definition) is 5. The Hall–Kier alpha value is -2.90. The molecule has 0 amide bonds. The summed E-state index contributed by atoms with van der Waals surface area (Å²) >= 11 is 0. The second-order valence-electron chi connectivity index (χ2n) is 10.2. The molecular formula is C29H39N3O4. The number of aryl methyl sites for hydroxylation is 2. The second kappa shape index (κ2) is 12.4. The van der Waals surface area contributed by atoms with Crippen LogP contribution in [0.4, 0.5) is 0 Å². The number of methoxy groups -OCH3 is 1. The van der Waals surface area contributed by atoms with Crippen molar-refractivity contribution in [3.63, 3.8) is 0 Å². The molecule has 2 N–H and O–H groups in total. The average molecular weight is 494 g/mol. The van der Waals surface area contributed by atoms with Crippen LogP contribution in [0, 0.1) is 11.8 Å². The number of hydrogen-bond donors (Lipinski definition) is 2. The molecule has 0 spiro atoms. The molecule has 3 atom stereocenters. The number of aliphatic carboxylic acids is 1. The van der Waals surface area contributed by atoms with Crippen LogP contribution in [0.25, 0.3) is 10.9 Å². The zero-order valence-corrected chi connectivity index (χ0v) is 21.5. The lowest BCUT2D eigenvalue weighted by molar-refractivity contribution is -0.139. The van der Waals surface area contributed by atoms with E-state index in [1.807, 2.05) is 31.3 Å². The van der Waals surface area contributed by atoms with E-state index >= 15 is 0 Å². The van der Waals surface area contributed by atoms with E-state index in [9.17, 15) is 15.0 Å². The molecular weight excluding hydrogens is 454 g/mol. The minimum absolute atomic E-state index is 0.117.